The number of hydrogen-bond acceptors (Lipinski definition) is 3. The van der Waals surface area contributed by atoms with Gasteiger partial charge in [-0.2, -0.15) is 5.26 Å². The van der Waals surface area contributed by atoms with Crippen molar-refractivity contribution < 1.29 is 9.84 Å². The number of nitriles is 1. The van der Waals surface area contributed by atoms with E-state index in [1.165, 1.54) is 7.11 Å². The van der Waals surface area contributed by atoms with Crippen LogP contribution in [0.15, 0.2) is 18.2 Å². The lowest BCUT2D eigenvalue weighted by Gasteiger charge is -2.09. The van der Waals surface area contributed by atoms with Crippen molar-refractivity contribution in [2.75, 3.05) is 7.11 Å². The average Bonchev–Trinajstić information content (AvgIpc) is 2.18. The molecule has 1 unspecified atom stereocenters. The van der Waals surface area contributed by atoms with Gasteiger partial charge in [0.2, 0.25) is 0 Å². The van der Waals surface area contributed by atoms with E-state index < -0.39 is 0 Å². The summed E-state index contributed by atoms with van der Waals surface area (Å²) < 4.78 is 4.92. The summed E-state index contributed by atoms with van der Waals surface area (Å²) in [5.41, 5.74) is 0.949. The van der Waals surface area contributed by atoms with Gasteiger partial charge >= 0.3 is 0 Å². The van der Waals surface area contributed by atoms with Gasteiger partial charge < -0.3 is 9.84 Å². The lowest BCUT2D eigenvalue weighted by atomic mass is 9.98. The van der Waals surface area contributed by atoms with E-state index in [0.29, 0.717) is 12.2 Å². The predicted molar refractivity (Wildman–Crippen MR) is 53.3 cm³/mol. The van der Waals surface area contributed by atoms with E-state index in [1.807, 2.05) is 13.0 Å². The standard InChI is InChI=1S/C11H13NO2/c1-8(5-6-12)9-3-4-11(14-2)10(13)7-9/h3-4,7-8,13H,5H2,1-2H3. The minimum Gasteiger partial charge on any atom is -0.504 e. The van der Waals surface area contributed by atoms with Crippen LogP contribution in [-0.2, 0) is 0 Å². The predicted octanol–water partition coefficient (Wildman–Crippen LogP) is 2.42. The van der Waals surface area contributed by atoms with Crippen LogP contribution in [0.1, 0.15) is 24.8 Å². The zero-order chi connectivity index (χ0) is 10.6. The first-order chi connectivity index (χ1) is 6.69. The Bertz CT molecular complexity index is 355. The van der Waals surface area contributed by atoms with Gasteiger partial charge in [0.15, 0.2) is 11.5 Å². The molecule has 1 rings (SSSR count). The lowest BCUT2D eigenvalue weighted by Crippen LogP contribution is -1.92. The quantitative estimate of drug-likeness (QED) is 0.798. The van der Waals surface area contributed by atoms with Gasteiger partial charge in [0.25, 0.3) is 0 Å². The Balaban J connectivity index is 2.92. The number of benzene rings is 1. The summed E-state index contributed by atoms with van der Waals surface area (Å²) in [7, 11) is 1.51. The molecule has 1 N–H and O–H groups in total. The molecule has 3 heteroatoms. The number of nitrogens with zero attached hydrogens (tertiary/aromatic N) is 1. The van der Waals surface area contributed by atoms with Crippen molar-refractivity contribution in [2.24, 2.45) is 0 Å². The van der Waals surface area contributed by atoms with Gasteiger partial charge in [-0.1, -0.05) is 13.0 Å². The fourth-order valence-corrected chi connectivity index (χ4v) is 1.27. The maximum Gasteiger partial charge on any atom is 0.160 e. The van der Waals surface area contributed by atoms with Gasteiger partial charge in [-0.05, 0) is 23.6 Å². The van der Waals surface area contributed by atoms with Crippen LogP contribution in [0.3, 0.4) is 0 Å². The molecule has 0 fully saturated rings. The Morgan fingerprint density at radius 2 is 2.29 bits per heavy atom. The highest BCUT2D eigenvalue weighted by Crippen LogP contribution is 2.30. The molecule has 0 saturated carbocycles. The molecule has 1 aromatic carbocycles. The normalized spacial score (nSPS) is 11.8. The van der Waals surface area contributed by atoms with Crippen LogP contribution >= 0.6 is 0 Å². The zero-order valence-electron chi connectivity index (χ0n) is 8.32. The maximum absolute atomic E-state index is 9.50. The second kappa shape index (κ2) is 4.52. The molecule has 0 aromatic heterocycles. The van der Waals surface area contributed by atoms with Gasteiger partial charge in [0, 0.05) is 6.42 Å². The third kappa shape index (κ3) is 2.17. The number of ether oxygens (including phenoxy) is 1. The van der Waals surface area contributed by atoms with Crippen LogP contribution in [0.25, 0.3) is 0 Å². The third-order valence-corrected chi connectivity index (χ3v) is 2.17. The van der Waals surface area contributed by atoms with Crippen molar-refractivity contribution in [2.45, 2.75) is 19.3 Å². The van der Waals surface area contributed by atoms with Crippen LogP contribution < -0.4 is 4.74 Å². The van der Waals surface area contributed by atoms with Crippen LogP contribution in [0.2, 0.25) is 0 Å². The van der Waals surface area contributed by atoms with E-state index >= 15 is 0 Å². The van der Waals surface area contributed by atoms with Crippen LogP contribution in [0.5, 0.6) is 11.5 Å². The summed E-state index contributed by atoms with van der Waals surface area (Å²) in [6.45, 7) is 1.95. The first kappa shape index (κ1) is 10.4. The molecule has 0 heterocycles. The first-order valence-electron chi connectivity index (χ1n) is 4.43. The van der Waals surface area contributed by atoms with Gasteiger partial charge in [-0.25, -0.2) is 0 Å². The molecule has 0 amide bonds. The number of phenols is 1. The Morgan fingerprint density at radius 3 is 2.79 bits per heavy atom. The van der Waals surface area contributed by atoms with Gasteiger partial charge in [-0.3, -0.25) is 0 Å². The van der Waals surface area contributed by atoms with Crippen LogP contribution in [0.4, 0.5) is 0 Å². The fourth-order valence-electron chi connectivity index (χ4n) is 1.27. The molecule has 74 valence electrons. The molecule has 0 aliphatic carbocycles. The smallest absolute Gasteiger partial charge is 0.160 e. The van der Waals surface area contributed by atoms with Crippen molar-refractivity contribution in [3.05, 3.63) is 23.8 Å². The molecule has 0 bridgehead atoms. The molecule has 0 aliphatic rings. The number of phenolic OH excluding ortho intramolecular Hbond substituents is 1. The van der Waals surface area contributed by atoms with E-state index in [2.05, 4.69) is 6.07 Å². The minimum atomic E-state index is 0.120. The van der Waals surface area contributed by atoms with Crippen LogP contribution in [0, 0.1) is 11.3 Å². The first-order valence-corrected chi connectivity index (χ1v) is 4.43. The summed E-state index contributed by atoms with van der Waals surface area (Å²) in [5.74, 6) is 0.713. The summed E-state index contributed by atoms with van der Waals surface area (Å²) in [6, 6.07) is 7.31. The summed E-state index contributed by atoms with van der Waals surface area (Å²) in [4.78, 5) is 0. The zero-order valence-corrected chi connectivity index (χ0v) is 8.32. The lowest BCUT2D eigenvalue weighted by molar-refractivity contribution is 0.373. The molecule has 0 saturated heterocycles. The third-order valence-electron chi connectivity index (χ3n) is 2.17. The monoisotopic (exact) mass is 191 g/mol. The summed E-state index contributed by atoms with van der Waals surface area (Å²) >= 11 is 0. The molecule has 1 aromatic rings. The summed E-state index contributed by atoms with van der Waals surface area (Å²) in [5, 5.41) is 18.0. The summed E-state index contributed by atoms with van der Waals surface area (Å²) in [6.07, 6.45) is 0.450. The molecule has 0 aliphatic heterocycles. The second-order valence-electron chi connectivity index (χ2n) is 3.19. The number of hydrogen-bond donors (Lipinski definition) is 1. The Labute approximate surface area is 83.6 Å². The number of aromatic hydroxyl groups is 1. The topological polar surface area (TPSA) is 53.2 Å². The van der Waals surface area contributed by atoms with Gasteiger partial charge in [0.1, 0.15) is 0 Å². The highest BCUT2D eigenvalue weighted by atomic mass is 16.5. The van der Waals surface area contributed by atoms with Gasteiger partial charge in [-0.15, -0.1) is 0 Å². The Hall–Kier alpha value is -1.69. The molecule has 1 atom stereocenters. The van der Waals surface area contributed by atoms with Crippen molar-refractivity contribution >= 4 is 0 Å². The van der Waals surface area contributed by atoms with E-state index in [9.17, 15) is 5.11 Å². The molecule has 0 radical (unpaired) electrons. The van der Waals surface area contributed by atoms with Crippen LogP contribution in [-0.4, -0.2) is 12.2 Å². The molecular formula is C11H13NO2. The second-order valence-corrected chi connectivity index (χ2v) is 3.19. The molecule has 14 heavy (non-hydrogen) atoms. The van der Waals surface area contributed by atoms with Gasteiger partial charge in [0.05, 0.1) is 13.2 Å². The fraction of sp³-hybridized carbons (Fsp3) is 0.364. The van der Waals surface area contributed by atoms with Crippen molar-refractivity contribution in [1.82, 2.24) is 0 Å². The SMILES string of the molecule is COc1ccc(C(C)CC#N)cc1O. The highest BCUT2D eigenvalue weighted by Gasteiger charge is 2.08. The van der Waals surface area contributed by atoms with E-state index in [-0.39, 0.29) is 11.7 Å². The molecule has 3 nitrogen and oxygen atoms in total. The van der Waals surface area contributed by atoms with E-state index in [4.69, 9.17) is 10.00 Å². The number of rotatable bonds is 3. The largest absolute Gasteiger partial charge is 0.504 e. The molecule has 0 spiro atoms. The van der Waals surface area contributed by atoms with Crippen molar-refractivity contribution in [1.29, 1.82) is 5.26 Å². The van der Waals surface area contributed by atoms with E-state index in [0.717, 1.165) is 5.56 Å². The number of methoxy groups -OCH3 is 1. The highest BCUT2D eigenvalue weighted by molar-refractivity contribution is 5.42. The average molecular weight is 191 g/mol. The van der Waals surface area contributed by atoms with Crippen molar-refractivity contribution in [3.8, 4) is 17.6 Å². The maximum atomic E-state index is 9.50. The minimum absolute atomic E-state index is 0.120. The molecular weight excluding hydrogens is 178 g/mol. The Morgan fingerprint density at radius 1 is 1.57 bits per heavy atom. The van der Waals surface area contributed by atoms with Crippen molar-refractivity contribution in [3.63, 3.8) is 0 Å². The Kier molecular flexibility index (Phi) is 3.35. The van der Waals surface area contributed by atoms with E-state index in [1.54, 1.807) is 12.1 Å².